The van der Waals surface area contributed by atoms with Crippen LogP contribution in [0.2, 0.25) is 0 Å². The van der Waals surface area contributed by atoms with Crippen molar-refractivity contribution in [2.75, 3.05) is 26.5 Å². The number of methoxy groups -OCH3 is 1. The van der Waals surface area contributed by atoms with Crippen molar-refractivity contribution in [3.63, 3.8) is 0 Å². The first-order chi connectivity index (χ1) is 6.95. The van der Waals surface area contributed by atoms with Crippen LogP contribution in [0.4, 0.5) is 0 Å². The molecule has 0 fully saturated rings. The number of hydrogen-bond donors (Lipinski definition) is 1. The summed E-state index contributed by atoms with van der Waals surface area (Å²) in [5.74, 6) is -0.129. The summed E-state index contributed by atoms with van der Waals surface area (Å²) >= 11 is 0. The third-order valence-corrected chi connectivity index (χ3v) is 2.98. The summed E-state index contributed by atoms with van der Waals surface area (Å²) in [6, 6.07) is 0.000744. The number of nitrogens with zero attached hydrogens (tertiary/aromatic N) is 1. The molecule has 0 aromatic rings. The Kier molecular flexibility index (Phi) is 6.26. The van der Waals surface area contributed by atoms with Crippen LogP contribution in [0, 0.1) is 0 Å². The molecule has 1 unspecified atom stereocenters. The minimum Gasteiger partial charge on any atom is -0.465 e. The molecule has 15 heavy (non-hydrogen) atoms. The maximum absolute atomic E-state index is 11.5. The van der Waals surface area contributed by atoms with E-state index in [1.165, 1.54) is 14.2 Å². The van der Waals surface area contributed by atoms with Gasteiger partial charge >= 0.3 is 0 Å². The topological polar surface area (TPSA) is 77.0 Å². The van der Waals surface area contributed by atoms with Gasteiger partial charge in [-0.3, -0.25) is 0 Å². The van der Waals surface area contributed by atoms with Gasteiger partial charge in [0.1, 0.15) is 0 Å². The second-order valence-electron chi connectivity index (χ2n) is 2.89. The van der Waals surface area contributed by atoms with Crippen molar-refractivity contribution in [2.45, 2.75) is 20.0 Å². The zero-order valence-electron chi connectivity index (χ0n) is 9.48. The maximum atomic E-state index is 11.5. The fourth-order valence-electron chi connectivity index (χ4n) is 0.828. The molecule has 0 radical (unpaired) electrons. The molecule has 0 saturated heterocycles. The summed E-state index contributed by atoms with van der Waals surface area (Å²) in [6.07, 6.45) is -0.373. The lowest BCUT2D eigenvalue weighted by molar-refractivity contribution is 0.136. The number of sulfonamides is 1. The van der Waals surface area contributed by atoms with Crippen molar-refractivity contribution in [3.05, 3.63) is 0 Å². The smallest absolute Gasteiger partial charge is 0.298 e. The van der Waals surface area contributed by atoms with E-state index in [-0.39, 0.29) is 17.9 Å². The molecule has 0 aliphatic carbocycles. The summed E-state index contributed by atoms with van der Waals surface area (Å²) in [5.41, 5.74) is 0. The Balaban J connectivity index is 4.36. The minimum absolute atomic E-state index is 0.000744. The summed E-state index contributed by atoms with van der Waals surface area (Å²) < 4.78 is 35.0. The number of amidine groups is 1. The van der Waals surface area contributed by atoms with Crippen LogP contribution in [0.3, 0.4) is 0 Å². The van der Waals surface area contributed by atoms with Gasteiger partial charge in [0.05, 0.1) is 18.5 Å². The van der Waals surface area contributed by atoms with E-state index in [1.807, 2.05) is 0 Å². The van der Waals surface area contributed by atoms with Gasteiger partial charge in [0, 0.05) is 14.2 Å². The van der Waals surface area contributed by atoms with Crippen molar-refractivity contribution in [3.8, 4) is 0 Å². The molecule has 0 spiro atoms. The van der Waals surface area contributed by atoms with Gasteiger partial charge < -0.3 is 9.47 Å². The van der Waals surface area contributed by atoms with Crippen LogP contribution in [-0.4, -0.2) is 47.1 Å². The first kappa shape index (κ1) is 14.2. The SMILES string of the molecule is CCOC(=NC)NS(=O)(=O)CC(C)OC. The highest BCUT2D eigenvalue weighted by molar-refractivity contribution is 7.90. The molecular weight excluding hydrogens is 220 g/mol. The van der Waals surface area contributed by atoms with Gasteiger partial charge in [-0.1, -0.05) is 0 Å². The van der Waals surface area contributed by atoms with Gasteiger partial charge in [-0.15, -0.1) is 0 Å². The van der Waals surface area contributed by atoms with E-state index in [9.17, 15) is 8.42 Å². The van der Waals surface area contributed by atoms with E-state index in [4.69, 9.17) is 9.47 Å². The van der Waals surface area contributed by atoms with E-state index in [0.717, 1.165) is 0 Å². The first-order valence-corrected chi connectivity index (χ1v) is 6.23. The number of hydrogen-bond acceptors (Lipinski definition) is 5. The number of ether oxygens (including phenoxy) is 2. The Morgan fingerprint density at radius 2 is 2.13 bits per heavy atom. The van der Waals surface area contributed by atoms with Gasteiger partial charge in [-0.05, 0) is 13.8 Å². The van der Waals surface area contributed by atoms with Crippen molar-refractivity contribution >= 4 is 16.0 Å². The highest BCUT2D eigenvalue weighted by Crippen LogP contribution is 1.95. The molecule has 0 heterocycles. The maximum Gasteiger partial charge on any atom is 0.298 e. The number of rotatable bonds is 5. The van der Waals surface area contributed by atoms with Crippen LogP contribution in [0.1, 0.15) is 13.8 Å². The molecule has 0 amide bonds. The van der Waals surface area contributed by atoms with Crippen LogP contribution in [-0.2, 0) is 19.5 Å². The molecule has 6 nitrogen and oxygen atoms in total. The first-order valence-electron chi connectivity index (χ1n) is 4.58. The summed E-state index contributed by atoms with van der Waals surface area (Å²) in [5, 5.41) is 0. The number of nitrogens with one attached hydrogen (secondary N) is 1. The lowest BCUT2D eigenvalue weighted by Crippen LogP contribution is -2.37. The molecule has 0 aromatic heterocycles. The van der Waals surface area contributed by atoms with Gasteiger partial charge in [-0.2, -0.15) is 0 Å². The molecule has 0 aromatic carbocycles. The zero-order chi connectivity index (χ0) is 11.9. The van der Waals surface area contributed by atoms with E-state index >= 15 is 0 Å². The molecule has 0 rings (SSSR count). The van der Waals surface area contributed by atoms with Crippen LogP contribution in [0.5, 0.6) is 0 Å². The largest absolute Gasteiger partial charge is 0.465 e. The third kappa shape index (κ3) is 6.29. The van der Waals surface area contributed by atoms with Crippen molar-refractivity contribution in [1.29, 1.82) is 0 Å². The Morgan fingerprint density at radius 3 is 2.53 bits per heavy atom. The molecule has 0 aliphatic rings. The molecule has 0 saturated carbocycles. The van der Waals surface area contributed by atoms with Crippen molar-refractivity contribution in [1.82, 2.24) is 4.72 Å². The van der Waals surface area contributed by atoms with E-state index < -0.39 is 10.0 Å². The standard InChI is InChI=1S/C8H18N2O4S/c1-5-14-8(9-3)10-15(11,12)6-7(2)13-4/h7H,5-6H2,1-4H3,(H,9,10). The fourth-order valence-corrected chi connectivity index (χ4v) is 2.08. The highest BCUT2D eigenvalue weighted by Gasteiger charge is 2.17. The molecule has 1 N–H and O–H groups in total. The quantitative estimate of drug-likeness (QED) is 0.538. The third-order valence-electron chi connectivity index (χ3n) is 1.58. The van der Waals surface area contributed by atoms with E-state index in [1.54, 1.807) is 13.8 Å². The second-order valence-corrected chi connectivity index (χ2v) is 4.66. The highest BCUT2D eigenvalue weighted by atomic mass is 32.2. The minimum atomic E-state index is -3.46. The molecule has 7 heteroatoms. The Morgan fingerprint density at radius 1 is 1.53 bits per heavy atom. The predicted octanol–water partition coefficient (Wildman–Crippen LogP) is -0.0370. The Bertz CT molecular complexity index is 300. The molecule has 0 bridgehead atoms. The van der Waals surface area contributed by atoms with E-state index in [2.05, 4.69) is 9.71 Å². The summed E-state index contributed by atoms with van der Waals surface area (Å²) in [7, 11) is -0.550. The Labute approximate surface area is 90.7 Å². The van der Waals surface area contributed by atoms with E-state index in [0.29, 0.717) is 6.61 Å². The lowest BCUT2D eigenvalue weighted by Gasteiger charge is -2.12. The zero-order valence-corrected chi connectivity index (χ0v) is 10.3. The van der Waals surface area contributed by atoms with Gasteiger partial charge in [0.25, 0.3) is 6.02 Å². The Hall–Kier alpha value is -0.820. The van der Waals surface area contributed by atoms with Crippen LogP contribution in [0.15, 0.2) is 4.99 Å². The monoisotopic (exact) mass is 238 g/mol. The molecule has 1 atom stereocenters. The number of aliphatic imine (C=N–C) groups is 1. The van der Waals surface area contributed by atoms with Crippen LogP contribution >= 0.6 is 0 Å². The lowest BCUT2D eigenvalue weighted by atomic mass is 10.5. The second kappa shape index (κ2) is 6.62. The molecular formula is C8H18N2O4S. The van der Waals surface area contributed by atoms with Crippen LogP contribution in [0.25, 0.3) is 0 Å². The van der Waals surface area contributed by atoms with Crippen LogP contribution < -0.4 is 4.72 Å². The summed E-state index contributed by atoms with van der Waals surface area (Å²) in [6.45, 7) is 3.77. The average Bonchev–Trinajstić information content (AvgIpc) is 2.15. The average molecular weight is 238 g/mol. The predicted molar refractivity (Wildman–Crippen MR) is 58.4 cm³/mol. The fraction of sp³-hybridized carbons (Fsp3) is 0.875. The van der Waals surface area contributed by atoms with Gasteiger partial charge in [0.2, 0.25) is 10.0 Å². The van der Waals surface area contributed by atoms with Crippen molar-refractivity contribution in [2.24, 2.45) is 4.99 Å². The van der Waals surface area contributed by atoms with Gasteiger partial charge in [-0.25, -0.2) is 18.1 Å². The summed E-state index contributed by atoms with van der Waals surface area (Å²) in [4.78, 5) is 3.66. The molecule has 0 aliphatic heterocycles. The molecule has 90 valence electrons. The van der Waals surface area contributed by atoms with Gasteiger partial charge in [0.15, 0.2) is 0 Å². The van der Waals surface area contributed by atoms with Crippen molar-refractivity contribution < 1.29 is 17.9 Å². The normalized spacial score (nSPS) is 14.8.